The minimum Gasteiger partial charge on any atom is -0.338 e. The molecule has 1 amide bonds. The zero-order valence-corrected chi connectivity index (χ0v) is 11.1. The lowest BCUT2D eigenvalue weighted by Gasteiger charge is -2.30. The molecule has 0 aliphatic carbocycles. The van der Waals surface area contributed by atoms with Crippen LogP contribution in [0.1, 0.15) is 29.4 Å². The number of hydrogen-bond donors (Lipinski definition) is 0. The van der Waals surface area contributed by atoms with Crippen LogP contribution in [-0.2, 0) is 0 Å². The van der Waals surface area contributed by atoms with Crippen LogP contribution in [0.3, 0.4) is 0 Å². The van der Waals surface area contributed by atoms with Crippen LogP contribution in [0.4, 0.5) is 0 Å². The topological polar surface area (TPSA) is 20.3 Å². The van der Waals surface area contributed by atoms with Gasteiger partial charge in [-0.05, 0) is 46.8 Å². The monoisotopic (exact) mass is 287 g/mol. The molecule has 1 aromatic rings. The summed E-state index contributed by atoms with van der Waals surface area (Å²) in [6.07, 6.45) is 2.39. The van der Waals surface area contributed by atoms with Crippen molar-refractivity contribution in [3.63, 3.8) is 0 Å². The number of nitrogens with zero attached hydrogens (tertiary/aromatic N) is 1. The third-order valence-corrected chi connectivity index (χ3v) is 4.34. The Balaban J connectivity index is 2.07. The average molecular weight is 288 g/mol. The van der Waals surface area contributed by atoms with Gasteiger partial charge in [0.15, 0.2) is 0 Å². The van der Waals surface area contributed by atoms with Crippen molar-refractivity contribution in [2.75, 3.05) is 13.1 Å². The molecule has 4 heteroatoms. The molecule has 0 N–H and O–H groups in total. The summed E-state index contributed by atoms with van der Waals surface area (Å²) >= 11 is 4.90. The molecule has 15 heavy (non-hydrogen) atoms. The van der Waals surface area contributed by atoms with Crippen LogP contribution >= 0.6 is 27.3 Å². The van der Waals surface area contributed by atoms with Crippen LogP contribution < -0.4 is 0 Å². The number of hydrogen-bond acceptors (Lipinski definition) is 2. The quantitative estimate of drug-likeness (QED) is 0.775. The van der Waals surface area contributed by atoms with Crippen molar-refractivity contribution in [2.45, 2.75) is 19.8 Å². The van der Waals surface area contributed by atoms with E-state index in [0.29, 0.717) is 5.92 Å². The number of thiophene rings is 1. The van der Waals surface area contributed by atoms with Gasteiger partial charge < -0.3 is 4.90 Å². The Morgan fingerprint density at radius 1 is 1.60 bits per heavy atom. The van der Waals surface area contributed by atoms with Crippen LogP contribution in [0.5, 0.6) is 0 Å². The van der Waals surface area contributed by atoms with Crippen LogP contribution in [0, 0.1) is 5.92 Å². The molecule has 2 rings (SSSR count). The summed E-state index contributed by atoms with van der Waals surface area (Å²) < 4.78 is 1.02. The molecule has 1 aliphatic heterocycles. The molecule has 1 fully saturated rings. The zero-order chi connectivity index (χ0) is 10.8. The second-order valence-corrected chi connectivity index (χ2v) is 6.57. The Morgan fingerprint density at radius 3 is 3.00 bits per heavy atom. The maximum absolute atomic E-state index is 12.1. The van der Waals surface area contributed by atoms with E-state index in [1.165, 1.54) is 17.8 Å². The second-order valence-electron chi connectivity index (χ2n) is 4.10. The number of piperidine rings is 1. The van der Waals surface area contributed by atoms with Gasteiger partial charge in [-0.2, -0.15) is 0 Å². The Hall–Kier alpha value is -0.350. The third-order valence-electron chi connectivity index (χ3n) is 2.73. The highest BCUT2D eigenvalue weighted by atomic mass is 79.9. The maximum Gasteiger partial charge on any atom is 0.263 e. The normalized spacial score (nSPS) is 21.7. The highest BCUT2D eigenvalue weighted by Crippen LogP contribution is 2.25. The van der Waals surface area contributed by atoms with Gasteiger partial charge in [-0.25, -0.2) is 0 Å². The summed E-state index contributed by atoms with van der Waals surface area (Å²) in [5, 5.41) is 0. The molecule has 82 valence electrons. The Labute approximate surface area is 102 Å². The van der Waals surface area contributed by atoms with E-state index in [-0.39, 0.29) is 5.91 Å². The lowest BCUT2D eigenvalue weighted by molar-refractivity contribution is 0.0688. The first-order valence-corrected chi connectivity index (χ1v) is 6.82. The van der Waals surface area contributed by atoms with Gasteiger partial charge in [-0.3, -0.25) is 4.79 Å². The van der Waals surface area contributed by atoms with Crippen LogP contribution in [0.25, 0.3) is 0 Å². The fourth-order valence-electron chi connectivity index (χ4n) is 1.96. The minimum atomic E-state index is 0.192. The van der Waals surface area contributed by atoms with Crippen molar-refractivity contribution in [3.8, 4) is 0 Å². The fourth-order valence-corrected chi connectivity index (χ4v) is 3.31. The number of rotatable bonds is 1. The average Bonchev–Trinajstić information content (AvgIpc) is 2.64. The van der Waals surface area contributed by atoms with Gasteiger partial charge in [0.25, 0.3) is 5.91 Å². The Morgan fingerprint density at radius 2 is 2.40 bits per heavy atom. The van der Waals surface area contributed by atoms with Crippen molar-refractivity contribution in [3.05, 3.63) is 20.8 Å². The number of carbonyl (C=O) groups excluding carboxylic acids is 1. The van der Waals surface area contributed by atoms with Gasteiger partial charge in [-0.15, -0.1) is 11.3 Å². The molecule has 1 aliphatic rings. The highest BCUT2D eigenvalue weighted by Gasteiger charge is 2.22. The number of halogens is 1. The van der Waals surface area contributed by atoms with E-state index in [9.17, 15) is 4.79 Å². The summed E-state index contributed by atoms with van der Waals surface area (Å²) in [5.74, 6) is 0.836. The summed E-state index contributed by atoms with van der Waals surface area (Å²) in [4.78, 5) is 14.9. The fraction of sp³-hybridized carbons (Fsp3) is 0.545. The van der Waals surface area contributed by atoms with E-state index in [1.807, 2.05) is 17.0 Å². The maximum atomic E-state index is 12.1. The minimum absolute atomic E-state index is 0.192. The number of amides is 1. The first kappa shape index (κ1) is 11.1. The SMILES string of the molecule is CC1CCCN(C(=O)c2ccc(Br)s2)C1. The molecular formula is C11H14BrNOS. The van der Waals surface area contributed by atoms with E-state index in [0.717, 1.165) is 28.2 Å². The first-order valence-electron chi connectivity index (χ1n) is 5.21. The van der Waals surface area contributed by atoms with E-state index in [1.54, 1.807) is 0 Å². The third kappa shape index (κ3) is 2.61. The van der Waals surface area contributed by atoms with Gasteiger partial charge >= 0.3 is 0 Å². The van der Waals surface area contributed by atoms with Crippen molar-refractivity contribution in [2.24, 2.45) is 5.92 Å². The molecule has 0 saturated carbocycles. The molecule has 0 radical (unpaired) electrons. The van der Waals surface area contributed by atoms with E-state index in [4.69, 9.17) is 0 Å². The van der Waals surface area contributed by atoms with E-state index >= 15 is 0 Å². The molecule has 0 aromatic carbocycles. The molecule has 2 heterocycles. The highest BCUT2D eigenvalue weighted by molar-refractivity contribution is 9.11. The molecule has 0 bridgehead atoms. The van der Waals surface area contributed by atoms with E-state index < -0.39 is 0 Å². The Bertz CT molecular complexity index is 363. The molecule has 0 spiro atoms. The predicted molar refractivity (Wildman–Crippen MR) is 66.3 cm³/mol. The second kappa shape index (κ2) is 4.66. The molecule has 1 unspecified atom stereocenters. The summed E-state index contributed by atoms with van der Waals surface area (Å²) in [7, 11) is 0. The largest absolute Gasteiger partial charge is 0.338 e. The van der Waals surface area contributed by atoms with Crippen LogP contribution in [-0.4, -0.2) is 23.9 Å². The number of likely N-dealkylation sites (tertiary alicyclic amines) is 1. The van der Waals surface area contributed by atoms with E-state index in [2.05, 4.69) is 22.9 Å². The van der Waals surface area contributed by atoms with Crippen molar-refractivity contribution >= 4 is 33.2 Å². The Kier molecular flexibility index (Phi) is 3.46. The lowest BCUT2D eigenvalue weighted by atomic mass is 10.0. The molecule has 1 atom stereocenters. The standard InChI is InChI=1S/C11H14BrNOS/c1-8-3-2-6-13(7-8)11(14)9-4-5-10(12)15-9/h4-5,8H,2-3,6-7H2,1H3. The smallest absolute Gasteiger partial charge is 0.263 e. The van der Waals surface area contributed by atoms with Gasteiger partial charge in [0.05, 0.1) is 8.66 Å². The summed E-state index contributed by atoms with van der Waals surface area (Å²) in [6.45, 7) is 4.04. The van der Waals surface area contributed by atoms with Gasteiger partial charge in [0.2, 0.25) is 0 Å². The van der Waals surface area contributed by atoms with Crippen molar-refractivity contribution in [1.82, 2.24) is 4.90 Å². The van der Waals surface area contributed by atoms with Crippen molar-refractivity contribution in [1.29, 1.82) is 0 Å². The predicted octanol–water partition coefficient (Wildman–Crippen LogP) is 3.38. The van der Waals surface area contributed by atoms with Crippen LogP contribution in [0.2, 0.25) is 0 Å². The number of carbonyl (C=O) groups is 1. The van der Waals surface area contributed by atoms with Gasteiger partial charge in [0, 0.05) is 13.1 Å². The van der Waals surface area contributed by atoms with Crippen molar-refractivity contribution < 1.29 is 4.79 Å². The molecule has 2 nitrogen and oxygen atoms in total. The summed E-state index contributed by atoms with van der Waals surface area (Å²) in [6, 6.07) is 3.83. The first-order chi connectivity index (χ1) is 7.16. The molecule has 1 saturated heterocycles. The lowest BCUT2D eigenvalue weighted by Crippen LogP contribution is -2.38. The van der Waals surface area contributed by atoms with Crippen LogP contribution in [0.15, 0.2) is 15.9 Å². The zero-order valence-electron chi connectivity index (χ0n) is 8.70. The van der Waals surface area contributed by atoms with Gasteiger partial charge in [-0.1, -0.05) is 6.92 Å². The summed E-state index contributed by atoms with van der Waals surface area (Å²) in [5.41, 5.74) is 0. The molecular weight excluding hydrogens is 274 g/mol. The van der Waals surface area contributed by atoms with Gasteiger partial charge in [0.1, 0.15) is 0 Å². The molecule has 1 aromatic heterocycles.